The molecule has 0 aliphatic rings. The highest BCUT2D eigenvalue weighted by molar-refractivity contribution is 5.66. The smallest absolute Gasteiger partial charge is 0.115 e. The second-order valence-corrected chi connectivity index (χ2v) is 10.3. The molecule has 0 amide bonds. The molecule has 0 radical (unpaired) electrons. The van der Waals surface area contributed by atoms with E-state index in [0.717, 1.165) is 41.1 Å². The standard InChI is InChI=1S/C33H46N2O2/c1-2-3-4-5-6-7-8-9-10-11-12-13-14-15-16-17-31-33(28-20-24-30(37)25-21-28)34-26-32(35-31)27-18-22-29(36)23-19-27/h18-26,36-37H,2-17H2,1H3. The van der Waals surface area contributed by atoms with Gasteiger partial charge in [0, 0.05) is 11.1 Å². The van der Waals surface area contributed by atoms with Gasteiger partial charge in [-0.1, -0.05) is 96.8 Å². The number of rotatable bonds is 18. The lowest BCUT2D eigenvalue weighted by Gasteiger charge is -2.11. The lowest BCUT2D eigenvalue weighted by atomic mass is 10.0. The normalized spacial score (nSPS) is 11.2. The lowest BCUT2D eigenvalue weighted by Crippen LogP contribution is -2.00. The predicted molar refractivity (Wildman–Crippen MR) is 155 cm³/mol. The van der Waals surface area contributed by atoms with E-state index >= 15 is 0 Å². The fourth-order valence-electron chi connectivity index (χ4n) is 4.90. The molecule has 200 valence electrons. The van der Waals surface area contributed by atoms with Gasteiger partial charge in [0.1, 0.15) is 11.5 Å². The highest BCUT2D eigenvalue weighted by atomic mass is 16.3. The van der Waals surface area contributed by atoms with E-state index in [0.29, 0.717) is 0 Å². The molecule has 2 N–H and O–H groups in total. The van der Waals surface area contributed by atoms with Crippen molar-refractivity contribution in [2.24, 2.45) is 0 Å². The summed E-state index contributed by atoms with van der Waals surface area (Å²) in [6, 6.07) is 14.3. The number of hydrogen-bond acceptors (Lipinski definition) is 4. The first-order valence-corrected chi connectivity index (χ1v) is 14.6. The molecule has 37 heavy (non-hydrogen) atoms. The Morgan fingerprint density at radius 3 is 1.46 bits per heavy atom. The minimum Gasteiger partial charge on any atom is -0.508 e. The first-order chi connectivity index (χ1) is 18.2. The molecule has 0 fully saturated rings. The van der Waals surface area contributed by atoms with Gasteiger partial charge in [0.2, 0.25) is 0 Å². The first-order valence-electron chi connectivity index (χ1n) is 14.6. The van der Waals surface area contributed by atoms with Crippen LogP contribution in [0.1, 0.15) is 109 Å². The van der Waals surface area contributed by atoms with Gasteiger partial charge >= 0.3 is 0 Å². The van der Waals surface area contributed by atoms with Crippen LogP contribution in [0.2, 0.25) is 0 Å². The summed E-state index contributed by atoms with van der Waals surface area (Å²) in [7, 11) is 0. The van der Waals surface area contributed by atoms with Gasteiger partial charge in [0.05, 0.1) is 23.3 Å². The van der Waals surface area contributed by atoms with Crippen LogP contribution >= 0.6 is 0 Å². The monoisotopic (exact) mass is 502 g/mol. The summed E-state index contributed by atoms with van der Waals surface area (Å²) in [5.74, 6) is 0.497. The van der Waals surface area contributed by atoms with E-state index < -0.39 is 0 Å². The molecule has 1 aromatic heterocycles. The van der Waals surface area contributed by atoms with Gasteiger partial charge in [-0.2, -0.15) is 0 Å². The number of aryl methyl sites for hydroxylation is 1. The molecule has 0 aliphatic carbocycles. The van der Waals surface area contributed by atoms with Crippen molar-refractivity contribution in [3.05, 3.63) is 60.4 Å². The van der Waals surface area contributed by atoms with Crippen molar-refractivity contribution in [3.8, 4) is 34.0 Å². The Bertz CT molecular complexity index is 1020. The third-order valence-electron chi connectivity index (χ3n) is 7.17. The van der Waals surface area contributed by atoms with E-state index in [-0.39, 0.29) is 11.5 Å². The number of unbranched alkanes of at least 4 members (excludes halogenated alkanes) is 14. The summed E-state index contributed by atoms with van der Waals surface area (Å²) in [4.78, 5) is 9.73. The number of hydrogen-bond donors (Lipinski definition) is 2. The van der Waals surface area contributed by atoms with E-state index in [4.69, 9.17) is 9.97 Å². The maximum absolute atomic E-state index is 9.68. The predicted octanol–water partition coefficient (Wildman–Crippen LogP) is 9.64. The van der Waals surface area contributed by atoms with Crippen LogP contribution in [0.4, 0.5) is 0 Å². The van der Waals surface area contributed by atoms with Crippen LogP contribution in [0.25, 0.3) is 22.5 Å². The fourth-order valence-corrected chi connectivity index (χ4v) is 4.90. The van der Waals surface area contributed by atoms with Crippen LogP contribution in [-0.2, 0) is 6.42 Å². The molecule has 0 atom stereocenters. The van der Waals surface area contributed by atoms with Crippen molar-refractivity contribution < 1.29 is 10.2 Å². The van der Waals surface area contributed by atoms with Crippen molar-refractivity contribution in [3.63, 3.8) is 0 Å². The van der Waals surface area contributed by atoms with Crippen LogP contribution < -0.4 is 0 Å². The minimum atomic E-state index is 0.246. The zero-order chi connectivity index (χ0) is 26.1. The molecule has 0 spiro atoms. The Hall–Kier alpha value is -2.88. The second-order valence-electron chi connectivity index (χ2n) is 10.3. The molecule has 0 saturated carbocycles. The molecule has 4 nitrogen and oxygen atoms in total. The maximum atomic E-state index is 9.68. The van der Waals surface area contributed by atoms with Gasteiger partial charge in [-0.05, 0) is 61.4 Å². The number of benzene rings is 2. The van der Waals surface area contributed by atoms with Gasteiger partial charge in [-0.3, -0.25) is 4.98 Å². The number of aromatic nitrogens is 2. The lowest BCUT2D eigenvalue weighted by molar-refractivity contribution is 0.475. The van der Waals surface area contributed by atoms with E-state index in [9.17, 15) is 10.2 Å². The molecule has 2 aromatic carbocycles. The van der Waals surface area contributed by atoms with E-state index in [2.05, 4.69) is 6.92 Å². The zero-order valence-electron chi connectivity index (χ0n) is 22.8. The Labute approximate surface area is 224 Å². The van der Waals surface area contributed by atoms with Crippen LogP contribution in [0.3, 0.4) is 0 Å². The van der Waals surface area contributed by atoms with Gasteiger partial charge in [-0.25, -0.2) is 4.98 Å². The number of phenols is 2. The van der Waals surface area contributed by atoms with Gasteiger partial charge in [0.15, 0.2) is 0 Å². The molecule has 0 aliphatic heterocycles. The van der Waals surface area contributed by atoms with Gasteiger partial charge in [0.25, 0.3) is 0 Å². The first kappa shape index (κ1) is 28.7. The molecule has 4 heteroatoms. The Morgan fingerprint density at radius 2 is 0.973 bits per heavy atom. The van der Waals surface area contributed by atoms with Crippen LogP contribution in [-0.4, -0.2) is 20.2 Å². The Balaban J connectivity index is 1.40. The van der Waals surface area contributed by atoms with E-state index in [1.165, 1.54) is 89.9 Å². The molecular weight excluding hydrogens is 456 g/mol. The van der Waals surface area contributed by atoms with Gasteiger partial charge < -0.3 is 10.2 Å². The second kappa shape index (κ2) is 16.8. The van der Waals surface area contributed by atoms with Crippen LogP contribution in [0, 0.1) is 0 Å². The Morgan fingerprint density at radius 1 is 0.541 bits per heavy atom. The summed E-state index contributed by atoms with van der Waals surface area (Å²) in [5.41, 5.74) is 4.61. The molecule has 0 unspecified atom stereocenters. The summed E-state index contributed by atoms with van der Waals surface area (Å²) >= 11 is 0. The van der Waals surface area contributed by atoms with Gasteiger partial charge in [-0.15, -0.1) is 0 Å². The van der Waals surface area contributed by atoms with Crippen molar-refractivity contribution in [2.45, 2.75) is 110 Å². The molecular formula is C33H46N2O2. The summed E-state index contributed by atoms with van der Waals surface area (Å²) < 4.78 is 0. The molecule has 3 aromatic rings. The average Bonchev–Trinajstić information content (AvgIpc) is 2.92. The third-order valence-corrected chi connectivity index (χ3v) is 7.17. The van der Waals surface area contributed by atoms with Crippen molar-refractivity contribution >= 4 is 0 Å². The highest BCUT2D eigenvalue weighted by Gasteiger charge is 2.12. The van der Waals surface area contributed by atoms with E-state index in [1.54, 1.807) is 30.5 Å². The van der Waals surface area contributed by atoms with Crippen molar-refractivity contribution in [2.75, 3.05) is 0 Å². The summed E-state index contributed by atoms with van der Waals surface area (Å²) in [6.45, 7) is 2.28. The van der Waals surface area contributed by atoms with Crippen molar-refractivity contribution in [1.29, 1.82) is 0 Å². The summed E-state index contributed by atoms with van der Waals surface area (Å²) in [5, 5.41) is 19.3. The average molecular weight is 503 g/mol. The number of aromatic hydroxyl groups is 2. The largest absolute Gasteiger partial charge is 0.508 e. The minimum absolute atomic E-state index is 0.246. The molecule has 1 heterocycles. The van der Waals surface area contributed by atoms with Crippen LogP contribution in [0.5, 0.6) is 11.5 Å². The quantitative estimate of drug-likeness (QED) is 0.170. The van der Waals surface area contributed by atoms with Crippen molar-refractivity contribution in [1.82, 2.24) is 9.97 Å². The zero-order valence-corrected chi connectivity index (χ0v) is 22.8. The maximum Gasteiger partial charge on any atom is 0.115 e. The van der Waals surface area contributed by atoms with E-state index in [1.807, 2.05) is 24.3 Å². The number of nitrogens with zero attached hydrogens (tertiary/aromatic N) is 2. The number of phenolic OH excluding ortho intramolecular Hbond substituents is 2. The fraction of sp³-hybridized carbons (Fsp3) is 0.515. The highest BCUT2D eigenvalue weighted by Crippen LogP contribution is 2.27. The molecule has 0 bridgehead atoms. The topological polar surface area (TPSA) is 66.2 Å². The summed E-state index contributed by atoms with van der Waals surface area (Å²) in [6.07, 6.45) is 23.0. The third kappa shape index (κ3) is 10.6. The Kier molecular flexibility index (Phi) is 13.0. The van der Waals surface area contributed by atoms with Crippen LogP contribution in [0.15, 0.2) is 54.7 Å². The molecule has 3 rings (SSSR count). The SMILES string of the molecule is CCCCCCCCCCCCCCCCCc1nc(-c2ccc(O)cc2)cnc1-c1ccc(O)cc1. The molecule has 0 saturated heterocycles.